The van der Waals surface area contributed by atoms with Crippen LogP contribution in [-0.2, 0) is 6.42 Å². The Morgan fingerprint density at radius 2 is 2.18 bits per heavy atom. The van der Waals surface area contributed by atoms with E-state index in [1.54, 1.807) is 6.07 Å². The zero-order chi connectivity index (χ0) is 12.0. The van der Waals surface area contributed by atoms with Gasteiger partial charge in [0.2, 0.25) is 5.56 Å². The summed E-state index contributed by atoms with van der Waals surface area (Å²) in [5.74, 6) is 1.53. The number of benzene rings is 1. The molecular weight excluding hydrogens is 212 g/mol. The number of fused-ring (bicyclic) bond motifs is 1. The minimum atomic E-state index is -0.0226. The van der Waals surface area contributed by atoms with Gasteiger partial charge in [-0.25, -0.2) is 0 Å². The zero-order valence-electron chi connectivity index (χ0n) is 9.86. The molecule has 0 aliphatic heterocycles. The lowest BCUT2D eigenvalue weighted by atomic mass is 10.0. The molecule has 88 valence electrons. The van der Waals surface area contributed by atoms with Gasteiger partial charge in [0.25, 0.3) is 0 Å². The normalized spacial score (nSPS) is 22.9. The van der Waals surface area contributed by atoms with Crippen molar-refractivity contribution in [1.29, 1.82) is 0 Å². The number of hydrogen-bond acceptors (Lipinski definition) is 2. The molecule has 1 saturated carbocycles. The summed E-state index contributed by atoms with van der Waals surface area (Å²) in [6.07, 6.45) is 2.27. The molecule has 3 rings (SSSR count). The Balaban J connectivity index is 2.13. The van der Waals surface area contributed by atoms with Gasteiger partial charge in [0, 0.05) is 22.7 Å². The van der Waals surface area contributed by atoms with E-state index in [1.807, 2.05) is 18.2 Å². The van der Waals surface area contributed by atoms with Gasteiger partial charge in [-0.3, -0.25) is 4.79 Å². The van der Waals surface area contributed by atoms with Gasteiger partial charge < -0.3 is 10.7 Å². The van der Waals surface area contributed by atoms with Gasteiger partial charge in [0.1, 0.15) is 0 Å². The standard InChI is InChI=1S/C14H16N2O/c1-8-4-9(8)5-10-6-14(17)16-13-3-2-11(15)7-12(10)13/h2-3,6-9H,4-5,15H2,1H3,(H,16,17)/t8?,9-/m1/s1. The lowest BCUT2D eigenvalue weighted by Gasteiger charge is -2.06. The summed E-state index contributed by atoms with van der Waals surface area (Å²) in [7, 11) is 0. The van der Waals surface area contributed by atoms with Crippen LogP contribution in [0.25, 0.3) is 10.9 Å². The first-order chi connectivity index (χ1) is 8.13. The summed E-state index contributed by atoms with van der Waals surface area (Å²) >= 11 is 0. The largest absolute Gasteiger partial charge is 0.399 e. The average molecular weight is 228 g/mol. The highest BCUT2D eigenvalue weighted by molar-refractivity contribution is 5.85. The molecule has 1 unspecified atom stereocenters. The minimum Gasteiger partial charge on any atom is -0.399 e. The summed E-state index contributed by atoms with van der Waals surface area (Å²) in [5.41, 5.74) is 8.55. The number of rotatable bonds is 2. The number of anilines is 1. The number of aromatic nitrogens is 1. The number of nitrogen functional groups attached to an aromatic ring is 1. The van der Waals surface area contributed by atoms with Crippen LogP contribution in [0.4, 0.5) is 5.69 Å². The second-order valence-electron chi connectivity index (χ2n) is 5.14. The molecule has 1 fully saturated rings. The van der Waals surface area contributed by atoms with E-state index in [1.165, 1.54) is 6.42 Å². The van der Waals surface area contributed by atoms with Crippen LogP contribution in [0.5, 0.6) is 0 Å². The summed E-state index contributed by atoms with van der Waals surface area (Å²) < 4.78 is 0. The van der Waals surface area contributed by atoms with Crippen LogP contribution in [0.3, 0.4) is 0 Å². The van der Waals surface area contributed by atoms with E-state index < -0.39 is 0 Å². The first-order valence-electron chi connectivity index (χ1n) is 6.05. The average Bonchev–Trinajstić information content (AvgIpc) is 2.95. The number of hydrogen-bond donors (Lipinski definition) is 2. The monoisotopic (exact) mass is 228 g/mol. The van der Waals surface area contributed by atoms with Gasteiger partial charge >= 0.3 is 0 Å². The van der Waals surface area contributed by atoms with Gasteiger partial charge in [-0.15, -0.1) is 0 Å². The maximum absolute atomic E-state index is 11.6. The van der Waals surface area contributed by atoms with Crippen molar-refractivity contribution in [3.63, 3.8) is 0 Å². The first-order valence-corrected chi connectivity index (χ1v) is 6.05. The van der Waals surface area contributed by atoms with E-state index >= 15 is 0 Å². The third kappa shape index (κ3) is 1.93. The summed E-state index contributed by atoms with van der Waals surface area (Å²) in [6.45, 7) is 2.26. The summed E-state index contributed by atoms with van der Waals surface area (Å²) in [6, 6.07) is 7.37. The van der Waals surface area contributed by atoms with E-state index in [0.717, 1.165) is 40.4 Å². The van der Waals surface area contributed by atoms with Gasteiger partial charge in [0.15, 0.2) is 0 Å². The van der Waals surface area contributed by atoms with E-state index in [4.69, 9.17) is 5.73 Å². The van der Waals surface area contributed by atoms with Crippen molar-refractivity contribution < 1.29 is 0 Å². The van der Waals surface area contributed by atoms with Crippen LogP contribution in [0.2, 0.25) is 0 Å². The minimum absolute atomic E-state index is 0.0226. The molecule has 0 spiro atoms. The van der Waals surface area contributed by atoms with Gasteiger partial charge in [-0.2, -0.15) is 0 Å². The maximum atomic E-state index is 11.6. The van der Waals surface area contributed by atoms with Crippen molar-refractivity contribution in [3.8, 4) is 0 Å². The molecule has 0 amide bonds. The van der Waals surface area contributed by atoms with Crippen molar-refractivity contribution >= 4 is 16.6 Å². The third-order valence-electron chi connectivity index (χ3n) is 3.71. The number of pyridine rings is 1. The Kier molecular flexibility index (Phi) is 2.21. The molecular formula is C14H16N2O. The van der Waals surface area contributed by atoms with Gasteiger partial charge in [0.05, 0.1) is 0 Å². The molecule has 1 heterocycles. The van der Waals surface area contributed by atoms with Crippen molar-refractivity contribution in [3.05, 3.63) is 40.2 Å². The second-order valence-corrected chi connectivity index (χ2v) is 5.14. The fourth-order valence-corrected chi connectivity index (χ4v) is 2.48. The predicted octanol–water partition coefficient (Wildman–Crippen LogP) is 2.31. The highest BCUT2D eigenvalue weighted by Crippen LogP contribution is 2.41. The third-order valence-corrected chi connectivity index (χ3v) is 3.71. The van der Waals surface area contributed by atoms with Crippen LogP contribution < -0.4 is 11.3 Å². The molecule has 17 heavy (non-hydrogen) atoms. The summed E-state index contributed by atoms with van der Waals surface area (Å²) in [5, 5.41) is 1.09. The van der Waals surface area contributed by atoms with Crippen LogP contribution >= 0.6 is 0 Å². The molecule has 0 saturated heterocycles. The maximum Gasteiger partial charge on any atom is 0.248 e. The Labute approximate surface area is 99.7 Å². The lowest BCUT2D eigenvalue weighted by Crippen LogP contribution is -2.07. The van der Waals surface area contributed by atoms with Crippen LogP contribution in [0.1, 0.15) is 18.9 Å². The fourth-order valence-electron chi connectivity index (χ4n) is 2.48. The molecule has 3 N–H and O–H groups in total. The highest BCUT2D eigenvalue weighted by atomic mass is 16.1. The fraction of sp³-hybridized carbons (Fsp3) is 0.357. The number of nitrogens with two attached hydrogens (primary N) is 1. The number of H-pyrrole nitrogens is 1. The topological polar surface area (TPSA) is 58.9 Å². The second kappa shape index (κ2) is 3.62. The van der Waals surface area contributed by atoms with Crippen molar-refractivity contribution in [1.82, 2.24) is 4.98 Å². The Morgan fingerprint density at radius 3 is 2.88 bits per heavy atom. The van der Waals surface area contributed by atoms with Crippen LogP contribution in [0.15, 0.2) is 29.1 Å². The van der Waals surface area contributed by atoms with E-state index in [0.29, 0.717) is 0 Å². The molecule has 2 atom stereocenters. The molecule has 0 bridgehead atoms. The Morgan fingerprint density at radius 1 is 1.41 bits per heavy atom. The van der Waals surface area contributed by atoms with Crippen molar-refractivity contribution in [2.45, 2.75) is 19.8 Å². The van der Waals surface area contributed by atoms with E-state index in [2.05, 4.69) is 11.9 Å². The van der Waals surface area contributed by atoms with E-state index in [-0.39, 0.29) is 5.56 Å². The highest BCUT2D eigenvalue weighted by Gasteiger charge is 2.32. The van der Waals surface area contributed by atoms with E-state index in [9.17, 15) is 4.79 Å². The molecule has 3 nitrogen and oxygen atoms in total. The Hall–Kier alpha value is -1.77. The van der Waals surface area contributed by atoms with Crippen molar-refractivity contribution in [2.75, 3.05) is 5.73 Å². The summed E-state index contributed by atoms with van der Waals surface area (Å²) in [4.78, 5) is 14.4. The number of nitrogens with one attached hydrogen (secondary N) is 1. The lowest BCUT2D eigenvalue weighted by molar-refractivity contribution is 0.749. The molecule has 1 aromatic carbocycles. The molecule has 1 aromatic heterocycles. The molecule has 3 heteroatoms. The molecule has 0 radical (unpaired) electrons. The Bertz CT molecular complexity index is 630. The molecule has 1 aliphatic carbocycles. The molecule has 1 aliphatic rings. The van der Waals surface area contributed by atoms with Crippen LogP contribution in [0, 0.1) is 11.8 Å². The SMILES string of the molecule is CC1C[C@@H]1Cc1cc(=O)[nH]c2ccc(N)cc12. The predicted molar refractivity (Wildman–Crippen MR) is 70.0 cm³/mol. The quantitative estimate of drug-likeness (QED) is 0.775. The number of aromatic amines is 1. The smallest absolute Gasteiger partial charge is 0.248 e. The van der Waals surface area contributed by atoms with Gasteiger partial charge in [-0.05, 0) is 48.4 Å². The molecule has 2 aromatic rings. The zero-order valence-corrected chi connectivity index (χ0v) is 9.86. The van der Waals surface area contributed by atoms with Crippen molar-refractivity contribution in [2.24, 2.45) is 11.8 Å². The van der Waals surface area contributed by atoms with Crippen LogP contribution in [-0.4, -0.2) is 4.98 Å². The van der Waals surface area contributed by atoms with Gasteiger partial charge in [-0.1, -0.05) is 6.92 Å². The first kappa shape index (κ1) is 10.4.